The number of likely N-dealkylation sites (tertiary alicyclic amines) is 1. The Morgan fingerprint density at radius 1 is 1.47 bits per heavy atom. The number of hydrogen-bond acceptors (Lipinski definition) is 3. The van der Waals surface area contributed by atoms with Gasteiger partial charge in [0.2, 0.25) is 0 Å². The molecular weight excluding hydrogens is 216 g/mol. The minimum absolute atomic E-state index is 0.146. The van der Waals surface area contributed by atoms with Crippen molar-refractivity contribution < 1.29 is 9.53 Å². The lowest BCUT2D eigenvalue weighted by Crippen LogP contribution is -2.55. The van der Waals surface area contributed by atoms with Gasteiger partial charge >= 0.3 is 6.09 Å². The van der Waals surface area contributed by atoms with E-state index in [0.717, 1.165) is 5.56 Å². The molecule has 1 heterocycles. The summed E-state index contributed by atoms with van der Waals surface area (Å²) in [5, 5.41) is 0. The van der Waals surface area contributed by atoms with E-state index in [4.69, 9.17) is 10.5 Å². The van der Waals surface area contributed by atoms with E-state index >= 15 is 0 Å². The molecule has 0 radical (unpaired) electrons. The van der Waals surface area contributed by atoms with Crippen molar-refractivity contribution in [1.29, 1.82) is 0 Å². The maximum absolute atomic E-state index is 11.6. The highest BCUT2D eigenvalue weighted by atomic mass is 16.6. The van der Waals surface area contributed by atoms with Crippen molar-refractivity contribution in [3.05, 3.63) is 35.9 Å². The van der Waals surface area contributed by atoms with Gasteiger partial charge in [0.05, 0.1) is 0 Å². The van der Waals surface area contributed by atoms with E-state index in [1.54, 1.807) is 4.90 Å². The monoisotopic (exact) mass is 234 g/mol. The van der Waals surface area contributed by atoms with Gasteiger partial charge in [-0.15, -0.1) is 0 Å². The normalized spacial score (nSPS) is 17.4. The third kappa shape index (κ3) is 2.97. The zero-order chi connectivity index (χ0) is 12.3. The Morgan fingerprint density at radius 2 is 2.12 bits per heavy atom. The third-order valence-electron chi connectivity index (χ3n) is 3.12. The lowest BCUT2D eigenvalue weighted by molar-refractivity contribution is 0.0439. The van der Waals surface area contributed by atoms with Gasteiger partial charge in [-0.2, -0.15) is 0 Å². The molecule has 1 fully saturated rings. The summed E-state index contributed by atoms with van der Waals surface area (Å²) in [5.74, 6) is 0.416. The molecule has 0 bridgehead atoms. The first-order chi connectivity index (χ1) is 8.16. The highest BCUT2D eigenvalue weighted by Crippen LogP contribution is 2.19. The van der Waals surface area contributed by atoms with Crippen molar-refractivity contribution in [3.63, 3.8) is 0 Å². The van der Waals surface area contributed by atoms with E-state index in [0.29, 0.717) is 25.6 Å². The lowest BCUT2D eigenvalue weighted by atomic mass is 9.94. The summed E-state index contributed by atoms with van der Waals surface area (Å²) >= 11 is 0. The molecule has 1 aliphatic heterocycles. The molecule has 1 aliphatic rings. The van der Waals surface area contributed by atoms with E-state index in [-0.39, 0.29) is 12.1 Å². The number of benzene rings is 1. The molecule has 0 saturated carbocycles. The van der Waals surface area contributed by atoms with Gasteiger partial charge in [-0.1, -0.05) is 30.3 Å². The molecule has 0 spiro atoms. The summed E-state index contributed by atoms with van der Waals surface area (Å²) in [6.07, 6.45) is -0.245. The van der Waals surface area contributed by atoms with Crippen LogP contribution in [0.5, 0.6) is 0 Å². The van der Waals surface area contributed by atoms with Crippen molar-refractivity contribution in [2.45, 2.75) is 19.6 Å². The van der Waals surface area contributed by atoms with E-state index in [9.17, 15) is 4.79 Å². The van der Waals surface area contributed by atoms with Gasteiger partial charge in [0.25, 0.3) is 0 Å². The second kappa shape index (κ2) is 5.19. The number of rotatable bonds is 3. The van der Waals surface area contributed by atoms with Gasteiger partial charge in [0.1, 0.15) is 6.61 Å². The first-order valence-electron chi connectivity index (χ1n) is 5.88. The van der Waals surface area contributed by atoms with Crippen molar-refractivity contribution >= 4 is 6.09 Å². The smallest absolute Gasteiger partial charge is 0.410 e. The molecule has 4 nitrogen and oxygen atoms in total. The van der Waals surface area contributed by atoms with Crippen molar-refractivity contribution in [2.75, 3.05) is 13.1 Å². The van der Waals surface area contributed by atoms with Gasteiger partial charge in [-0.05, 0) is 12.5 Å². The number of carbonyl (C=O) groups excluding carboxylic acids is 1. The fraction of sp³-hybridized carbons (Fsp3) is 0.462. The van der Waals surface area contributed by atoms with Crippen LogP contribution in [-0.2, 0) is 11.3 Å². The maximum atomic E-state index is 11.6. The summed E-state index contributed by atoms with van der Waals surface area (Å²) in [5.41, 5.74) is 6.75. The number of carbonyl (C=O) groups is 1. The fourth-order valence-electron chi connectivity index (χ4n) is 1.80. The molecule has 0 aromatic heterocycles. The average Bonchev–Trinajstić information content (AvgIpc) is 2.25. The van der Waals surface area contributed by atoms with Gasteiger partial charge in [-0.25, -0.2) is 4.79 Å². The summed E-state index contributed by atoms with van der Waals surface area (Å²) in [7, 11) is 0. The molecule has 1 saturated heterocycles. The zero-order valence-corrected chi connectivity index (χ0v) is 10.0. The Labute approximate surface area is 101 Å². The minimum atomic E-state index is -0.245. The first kappa shape index (κ1) is 11.9. The molecular formula is C13H18N2O2. The zero-order valence-electron chi connectivity index (χ0n) is 10.0. The quantitative estimate of drug-likeness (QED) is 0.864. The predicted molar refractivity (Wildman–Crippen MR) is 65.3 cm³/mol. The Kier molecular flexibility index (Phi) is 3.64. The maximum Gasteiger partial charge on any atom is 0.410 e. The highest BCUT2D eigenvalue weighted by molar-refractivity contribution is 5.68. The summed E-state index contributed by atoms with van der Waals surface area (Å²) in [4.78, 5) is 13.3. The second-order valence-corrected chi connectivity index (χ2v) is 4.56. The van der Waals surface area contributed by atoms with Gasteiger partial charge in [-0.3, -0.25) is 0 Å². The van der Waals surface area contributed by atoms with E-state index in [2.05, 4.69) is 0 Å². The van der Waals surface area contributed by atoms with Crippen molar-refractivity contribution in [2.24, 2.45) is 11.7 Å². The number of hydrogen-bond donors (Lipinski definition) is 1. The van der Waals surface area contributed by atoms with Crippen LogP contribution in [0.25, 0.3) is 0 Å². The summed E-state index contributed by atoms with van der Waals surface area (Å²) in [6, 6.07) is 9.82. The average molecular weight is 234 g/mol. The molecule has 92 valence electrons. The molecule has 1 atom stereocenters. The van der Waals surface area contributed by atoms with E-state index < -0.39 is 0 Å². The summed E-state index contributed by atoms with van der Waals surface area (Å²) in [6.45, 7) is 3.73. The lowest BCUT2D eigenvalue weighted by Gasteiger charge is -2.40. The minimum Gasteiger partial charge on any atom is -0.445 e. The van der Waals surface area contributed by atoms with Crippen LogP contribution in [0, 0.1) is 5.92 Å². The molecule has 1 aromatic carbocycles. The first-order valence-corrected chi connectivity index (χ1v) is 5.88. The van der Waals surface area contributed by atoms with Crippen LogP contribution in [-0.4, -0.2) is 30.1 Å². The Bertz CT molecular complexity index is 372. The van der Waals surface area contributed by atoms with Crippen LogP contribution in [0.2, 0.25) is 0 Å². The molecule has 2 rings (SSSR count). The number of amides is 1. The second-order valence-electron chi connectivity index (χ2n) is 4.56. The van der Waals surface area contributed by atoms with Crippen LogP contribution >= 0.6 is 0 Å². The molecule has 1 amide bonds. The van der Waals surface area contributed by atoms with E-state index in [1.807, 2.05) is 37.3 Å². The van der Waals surface area contributed by atoms with Gasteiger partial charge in [0, 0.05) is 25.0 Å². The van der Waals surface area contributed by atoms with Crippen LogP contribution in [0.15, 0.2) is 30.3 Å². The molecule has 0 aliphatic carbocycles. The van der Waals surface area contributed by atoms with Crippen LogP contribution in [0.4, 0.5) is 4.79 Å². The standard InChI is InChI=1S/C13H18N2O2/c1-10(14)12-7-15(8-12)13(16)17-9-11-5-3-2-4-6-11/h2-6,10,12H,7-9,14H2,1H3/t10-/m0/s1. The molecule has 1 aromatic rings. The third-order valence-corrected chi connectivity index (χ3v) is 3.12. The largest absolute Gasteiger partial charge is 0.445 e. The number of nitrogens with two attached hydrogens (primary N) is 1. The number of ether oxygens (including phenoxy) is 1. The SMILES string of the molecule is C[C@H](N)C1CN(C(=O)OCc2ccccc2)C1. The molecule has 0 unspecified atom stereocenters. The van der Waals surface area contributed by atoms with Crippen LogP contribution in [0.1, 0.15) is 12.5 Å². The Balaban J connectivity index is 1.73. The van der Waals surface area contributed by atoms with Crippen LogP contribution in [0.3, 0.4) is 0 Å². The topological polar surface area (TPSA) is 55.6 Å². The fourth-order valence-corrected chi connectivity index (χ4v) is 1.80. The Hall–Kier alpha value is -1.55. The number of nitrogens with zero attached hydrogens (tertiary/aromatic N) is 1. The Morgan fingerprint density at radius 3 is 2.71 bits per heavy atom. The molecule has 4 heteroatoms. The molecule has 2 N–H and O–H groups in total. The van der Waals surface area contributed by atoms with Gasteiger partial charge < -0.3 is 15.4 Å². The van der Waals surface area contributed by atoms with E-state index in [1.165, 1.54) is 0 Å². The van der Waals surface area contributed by atoms with Crippen molar-refractivity contribution in [3.8, 4) is 0 Å². The molecule has 17 heavy (non-hydrogen) atoms. The highest BCUT2D eigenvalue weighted by Gasteiger charge is 2.33. The van der Waals surface area contributed by atoms with Crippen molar-refractivity contribution in [1.82, 2.24) is 4.90 Å². The predicted octanol–water partition coefficient (Wildman–Crippen LogP) is 1.60. The van der Waals surface area contributed by atoms with Gasteiger partial charge in [0.15, 0.2) is 0 Å². The van der Waals surface area contributed by atoms with Crippen LogP contribution < -0.4 is 5.73 Å². The summed E-state index contributed by atoms with van der Waals surface area (Å²) < 4.78 is 5.21.